The van der Waals surface area contributed by atoms with Gasteiger partial charge in [0.2, 0.25) is 5.91 Å². The minimum Gasteiger partial charge on any atom is -0.356 e. The number of carbonyl (C=O) groups is 1. The number of carbonyl (C=O) groups excluding carboxylic acids is 1. The van der Waals surface area contributed by atoms with E-state index in [4.69, 9.17) is 0 Å². The molecule has 0 aliphatic carbocycles. The number of nitrogens with one attached hydrogen (secondary N) is 1. The van der Waals surface area contributed by atoms with Crippen molar-refractivity contribution in [2.45, 2.75) is 17.7 Å². The maximum absolute atomic E-state index is 11.7. The molecular formula is C15H19NO3S2. The molecule has 4 nitrogen and oxygen atoms in total. The highest BCUT2D eigenvalue weighted by atomic mass is 32.2. The molecule has 0 radical (unpaired) electrons. The summed E-state index contributed by atoms with van der Waals surface area (Å²) in [6.45, 7) is 0.627. The Morgan fingerprint density at radius 1 is 1.29 bits per heavy atom. The van der Waals surface area contributed by atoms with Gasteiger partial charge in [-0.25, -0.2) is 8.42 Å². The number of benzene rings is 1. The van der Waals surface area contributed by atoms with Gasteiger partial charge in [-0.3, -0.25) is 4.79 Å². The van der Waals surface area contributed by atoms with Gasteiger partial charge in [0.25, 0.3) is 0 Å². The summed E-state index contributed by atoms with van der Waals surface area (Å²) in [5, 5.41) is 4.05. The molecule has 1 atom stereocenters. The van der Waals surface area contributed by atoms with E-state index in [0.29, 0.717) is 6.54 Å². The predicted octanol–water partition coefficient (Wildman–Crippen LogP) is 2.23. The van der Waals surface area contributed by atoms with E-state index in [1.807, 2.05) is 18.2 Å². The minimum absolute atomic E-state index is 0.0598. The Bertz CT molecular complexity index is 597. The van der Waals surface area contributed by atoms with Crippen LogP contribution in [0.2, 0.25) is 0 Å². The van der Waals surface area contributed by atoms with E-state index >= 15 is 0 Å². The smallest absolute Gasteiger partial charge is 0.220 e. The molecule has 1 aliphatic rings. The Labute approximate surface area is 129 Å². The van der Waals surface area contributed by atoms with E-state index < -0.39 is 9.84 Å². The first kappa shape index (κ1) is 16.1. The highest BCUT2D eigenvalue weighted by Crippen LogP contribution is 2.18. The van der Waals surface area contributed by atoms with Gasteiger partial charge < -0.3 is 5.32 Å². The van der Waals surface area contributed by atoms with E-state index in [9.17, 15) is 13.2 Å². The molecule has 1 unspecified atom stereocenters. The Morgan fingerprint density at radius 3 is 2.71 bits per heavy atom. The van der Waals surface area contributed by atoms with Crippen LogP contribution in [-0.4, -0.2) is 32.4 Å². The second-order valence-electron chi connectivity index (χ2n) is 4.99. The summed E-state index contributed by atoms with van der Waals surface area (Å²) in [5.74, 6) is 0.756. The summed E-state index contributed by atoms with van der Waals surface area (Å²) in [5.41, 5.74) is 0. The van der Waals surface area contributed by atoms with Crippen molar-refractivity contribution in [1.29, 1.82) is 0 Å². The second-order valence-corrected chi connectivity index (χ2v) is 8.09. The zero-order chi connectivity index (χ0) is 15.1. The molecule has 1 N–H and O–H groups in total. The molecule has 6 heteroatoms. The highest BCUT2D eigenvalue weighted by molar-refractivity contribution is 7.99. The molecule has 1 aliphatic heterocycles. The minimum atomic E-state index is -3.06. The quantitative estimate of drug-likeness (QED) is 0.617. The fraction of sp³-hybridized carbons (Fsp3) is 0.400. The maximum Gasteiger partial charge on any atom is 0.220 e. The Hall–Kier alpha value is -1.27. The third-order valence-corrected chi connectivity index (χ3v) is 5.67. The SMILES string of the molecule is O=C(CC1C=CS(=O)(=O)C1)NCCCSc1ccccc1. The third-order valence-electron chi connectivity index (χ3n) is 3.11. The van der Waals surface area contributed by atoms with Gasteiger partial charge in [0.15, 0.2) is 9.84 Å². The molecule has 0 saturated carbocycles. The van der Waals surface area contributed by atoms with Crippen LogP contribution in [0.4, 0.5) is 0 Å². The zero-order valence-electron chi connectivity index (χ0n) is 11.7. The molecule has 0 spiro atoms. The molecule has 0 bridgehead atoms. The predicted molar refractivity (Wildman–Crippen MR) is 85.8 cm³/mol. The molecule has 0 fully saturated rings. The molecule has 21 heavy (non-hydrogen) atoms. The number of sulfone groups is 1. The van der Waals surface area contributed by atoms with Crippen LogP contribution in [-0.2, 0) is 14.6 Å². The van der Waals surface area contributed by atoms with Crippen LogP contribution in [0.5, 0.6) is 0 Å². The van der Waals surface area contributed by atoms with Crippen LogP contribution < -0.4 is 5.32 Å². The van der Waals surface area contributed by atoms with Crippen molar-refractivity contribution in [1.82, 2.24) is 5.32 Å². The average molecular weight is 325 g/mol. The molecule has 1 amide bonds. The molecule has 1 aromatic carbocycles. The van der Waals surface area contributed by atoms with Crippen molar-refractivity contribution in [2.75, 3.05) is 18.1 Å². The van der Waals surface area contributed by atoms with Gasteiger partial charge in [-0.15, -0.1) is 11.8 Å². The van der Waals surface area contributed by atoms with Crippen molar-refractivity contribution in [2.24, 2.45) is 5.92 Å². The summed E-state index contributed by atoms with van der Waals surface area (Å²) in [6.07, 6.45) is 2.76. The molecule has 1 heterocycles. The summed E-state index contributed by atoms with van der Waals surface area (Å²) in [4.78, 5) is 12.9. The summed E-state index contributed by atoms with van der Waals surface area (Å²) in [7, 11) is -3.06. The van der Waals surface area contributed by atoms with E-state index in [0.717, 1.165) is 12.2 Å². The Kier molecular flexibility index (Phi) is 5.87. The lowest BCUT2D eigenvalue weighted by Crippen LogP contribution is -2.27. The Balaban J connectivity index is 1.57. The van der Waals surface area contributed by atoms with E-state index in [-0.39, 0.29) is 24.0 Å². The Morgan fingerprint density at radius 2 is 2.05 bits per heavy atom. The van der Waals surface area contributed by atoms with Crippen LogP contribution >= 0.6 is 11.8 Å². The van der Waals surface area contributed by atoms with Crippen molar-refractivity contribution >= 4 is 27.5 Å². The lowest BCUT2D eigenvalue weighted by atomic mass is 10.1. The lowest BCUT2D eigenvalue weighted by Gasteiger charge is -2.08. The first-order chi connectivity index (χ1) is 10.1. The maximum atomic E-state index is 11.7. The normalized spacial score (nSPS) is 19.5. The lowest BCUT2D eigenvalue weighted by molar-refractivity contribution is -0.121. The van der Waals surface area contributed by atoms with Gasteiger partial charge in [0.1, 0.15) is 0 Å². The topological polar surface area (TPSA) is 63.2 Å². The number of thioether (sulfide) groups is 1. The van der Waals surface area contributed by atoms with E-state index in [2.05, 4.69) is 17.4 Å². The van der Waals surface area contributed by atoms with Crippen molar-refractivity contribution in [3.05, 3.63) is 41.8 Å². The van der Waals surface area contributed by atoms with Crippen LogP contribution in [0.1, 0.15) is 12.8 Å². The van der Waals surface area contributed by atoms with Crippen LogP contribution in [0, 0.1) is 5.92 Å². The number of hydrogen-bond acceptors (Lipinski definition) is 4. The monoisotopic (exact) mass is 325 g/mol. The zero-order valence-corrected chi connectivity index (χ0v) is 13.3. The fourth-order valence-electron chi connectivity index (χ4n) is 2.08. The number of amides is 1. The van der Waals surface area contributed by atoms with E-state index in [1.165, 1.54) is 10.3 Å². The van der Waals surface area contributed by atoms with Crippen molar-refractivity contribution in [3.63, 3.8) is 0 Å². The van der Waals surface area contributed by atoms with Gasteiger partial charge in [-0.05, 0) is 24.3 Å². The molecule has 0 aromatic heterocycles. The summed E-state index contributed by atoms with van der Waals surface area (Å²) < 4.78 is 22.5. The number of hydrogen-bond donors (Lipinski definition) is 1. The molecular weight excluding hydrogens is 306 g/mol. The molecule has 2 rings (SSSR count). The van der Waals surface area contributed by atoms with Crippen LogP contribution in [0.15, 0.2) is 46.7 Å². The number of allylic oxidation sites excluding steroid dienone is 1. The van der Waals surface area contributed by atoms with Gasteiger partial charge >= 0.3 is 0 Å². The first-order valence-electron chi connectivity index (χ1n) is 6.91. The largest absolute Gasteiger partial charge is 0.356 e. The fourth-order valence-corrected chi connectivity index (χ4v) is 4.36. The van der Waals surface area contributed by atoms with E-state index in [1.54, 1.807) is 17.8 Å². The van der Waals surface area contributed by atoms with Gasteiger partial charge in [-0.1, -0.05) is 24.3 Å². The summed E-state index contributed by atoms with van der Waals surface area (Å²) in [6, 6.07) is 10.1. The van der Waals surface area contributed by atoms with Gasteiger partial charge in [0.05, 0.1) is 5.75 Å². The van der Waals surface area contributed by atoms with Gasteiger partial charge in [0, 0.05) is 29.2 Å². The second kappa shape index (κ2) is 7.66. The highest BCUT2D eigenvalue weighted by Gasteiger charge is 2.23. The molecule has 0 saturated heterocycles. The van der Waals surface area contributed by atoms with Crippen molar-refractivity contribution in [3.8, 4) is 0 Å². The number of rotatable bonds is 7. The molecule has 1 aromatic rings. The first-order valence-corrected chi connectivity index (χ1v) is 9.61. The van der Waals surface area contributed by atoms with Gasteiger partial charge in [-0.2, -0.15) is 0 Å². The average Bonchev–Trinajstić information content (AvgIpc) is 2.78. The van der Waals surface area contributed by atoms with Crippen LogP contribution in [0.3, 0.4) is 0 Å². The standard InChI is InChI=1S/C15H19NO3S2/c17-15(11-13-7-10-21(18,19)12-13)16-8-4-9-20-14-5-2-1-3-6-14/h1-3,5-7,10,13H,4,8-9,11-12H2,(H,16,17). The van der Waals surface area contributed by atoms with Crippen LogP contribution in [0.25, 0.3) is 0 Å². The molecule has 114 valence electrons. The summed E-state index contributed by atoms with van der Waals surface area (Å²) >= 11 is 1.76. The van der Waals surface area contributed by atoms with Crippen molar-refractivity contribution < 1.29 is 13.2 Å². The third kappa shape index (κ3) is 5.93.